The molecule has 0 aliphatic rings. The molecule has 0 saturated heterocycles. The number of nitrogens with one attached hydrogen (secondary N) is 1. The van der Waals surface area contributed by atoms with Gasteiger partial charge in [0.2, 0.25) is 0 Å². The van der Waals surface area contributed by atoms with Gasteiger partial charge in [-0.05, 0) is 47.5 Å². The van der Waals surface area contributed by atoms with Crippen molar-refractivity contribution in [3.63, 3.8) is 0 Å². The number of nitrogens with zero attached hydrogens (tertiary/aromatic N) is 2. The van der Waals surface area contributed by atoms with Crippen LogP contribution in [0.3, 0.4) is 0 Å². The first kappa shape index (κ1) is 15.1. The fourth-order valence-electron chi connectivity index (χ4n) is 1.74. The summed E-state index contributed by atoms with van der Waals surface area (Å²) in [5, 5.41) is 13.5. The summed E-state index contributed by atoms with van der Waals surface area (Å²) in [5.41, 5.74) is 1.57. The minimum Gasteiger partial charge on any atom is -0.307 e. The zero-order valence-corrected chi connectivity index (χ0v) is 13.0. The number of carbonyl (C=O) groups is 1. The van der Waals surface area contributed by atoms with Crippen molar-refractivity contribution in [3.05, 3.63) is 61.7 Å². The van der Waals surface area contributed by atoms with Gasteiger partial charge in [-0.1, -0.05) is 6.07 Å². The fourth-order valence-corrected chi connectivity index (χ4v) is 1.96. The Bertz CT molecular complexity index is 731. The minimum atomic E-state index is -0.506. The largest absolute Gasteiger partial charge is 0.307 e. The summed E-state index contributed by atoms with van der Waals surface area (Å²) in [6.45, 7) is 3.50. The second-order valence-electron chi connectivity index (χ2n) is 4.53. The third-order valence-electron chi connectivity index (χ3n) is 2.96. The highest BCUT2D eigenvalue weighted by Crippen LogP contribution is 2.21. The lowest BCUT2D eigenvalue weighted by Crippen LogP contribution is -2.13. The Morgan fingerprint density at radius 2 is 2.00 bits per heavy atom. The quantitative estimate of drug-likeness (QED) is 0.677. The van der Waals surface area contributed by atoms with Crippen molar-refractivity contribution in [1.82, 2.24) is 4.98 Å². The summed E-state index contributed by atoms with van der Waals surface area (Å²) in [5.74, 6) is -0.0451. The first-order valence-corrected chi connectivity index (χ1v) is 6.86. The van der Waals surface area contributed by atoms with Gasteiger partial charge in [0, 0.05) is 27.9 Å². The van der Waals surface area contributed by atoms with E-state index < -0.39 is 10.8 Å². The first-order valence-electron chi connectivity index (χ1n) is 6.07. The van der Waals surface area contributed by atoms with E-state index in [0.717, 1.165) is 10.0 Å². The second-order valence-corrected chi connectivity index (χ2v) is 5.39. The van der Waals surface area contributed by atoms with Gasteiger partial charge in [-0.2, -0.15) is 0 Å². The normalized spacial score (nSPS) is 10.2. The van der Waals surface area contributed by atoms with E-state index in [2.05, 4.69) is 26.2 Å². The predicted octanol–water partition coefficient (Wildman–Crippen LogP) is 3.62. The van der Waals surface area contributed by atoms with Gasteiger partial charge in [-0.3, -0.25) is 14.9 Å². The summed E-state index contributed by atoms with van der Waals surface area (Å²) < 4.78 is 0.839. The van der Waals surface area contributed by atoms with Crippen molar-refractivity contribution >= 4 is 33.3 Å². The molecule has 0 aliphatic heterocycles. The van der Waals surface area contributed by atoms with Gasteiger partial charge in [0.05, 0.1) is 4.92 Å². The predicted molar refractivity (Wildman–Crippen MR) is 82.5 cm³/mol. The smallest absolute Gasteiger partial charge is 0.273 e. The first-order chi connectivity index (χ1) is 9.88. The molecule has 1 aromatic carbocycles. The van der Waals surface area contributed by atoms with Crippen LogP contribution in [-0.2, 0) is 0 Å². The zero-order chi connectivity index (χ0) is 15.6. The maximum atomic E-state index is 12.1. The number of rotatable bonds is 3. The molecule has 21 heavy (non-hydrogen) atoms. The molecular formula is C14H12BrN3O3. The van der Waals surface area contributed by atoms with Gasteiger partial charge in [0.15, 0.2) is 0 Å². The average Bonchev–Trinajstić information content (AvgIpc) is 2.43. The number of aryl methyl sites for hydroxylation is 2. The molecule has 7 heteroatoms. The molecule has 6 nitrogen and oxygen atoms in total. The lowest BCUT2D eigenvalue weighted by atomic mass is 10.1. The number of anilines is 1. The number of nitro groups is 1. The Hall–Kier alpha value is -2.28. The number of amides is 1. The van der Waals surface area contributed by atoms with Crippen molar-refractivity contribution in [2.45, 2.75) is 13.8 Å². The zero-order valence-electron chi connectivity index (χ0n) is 11.4. The summed E-state index contributed by atoms with van der Waals surface area (Å²) in [7, 11) is 0. The summed E-state index contributed by atoms with van der Waals surface area (Å²) in [4.78, 5) is 26.6. The Morgan fingerprint density at radius 3 is 2.62 bits per heavy atom. The molecule has 0 saturated carbocycles. The van der Waals surface area contributed by atoms with Crippen LogP contribution >= 0.6 is 15.9 Å². The highest BCUT2D eigenvalue weighted by molar-refractivity contribution is 9.10. The number of hydrogen-bond donors (Lipinski definition) is 1. The van der Waals surface area contributed by atoms with Gasteiger partial charge in [-0.25, -0.2) is 4.98 Å². The molecule has 1 N–H and O–H groups in total. The molecule has 0 radical (unpaired) electrons. The van der Waals surface area contributed by atoms with Crippen LogP contribution in [-0.4, -0.2) is 15.8 Å². The van der Waals surface area contributed by atoms with Crippen LogP contribution in [0.15, 0.2) is 34.9 Å². The fraction of sp³-hybridized carbons (Fsp3) is 0.143. The van der Waals surface area contributed by atoms with E-state index in [0.29, 0.717) is 11.4 Å². The van der Waals surface area contributed by atoms with E-state index in [-0.39, 0.29) is 11.3 Å². The van der Waals surface area contributed by atoms with Crippen molar-refractivity contribution in [3.8, 4) is 0 Å². The Morgan fingerprint density at radius 1 is 1.29 bits per heavy atom. The Labute approximate surface area is 129 Å². The summed E-state index contributed by atoms with van der Waals surface area (Å²) in [6, 6.07) is 6.07. The Balaban J connectivity index is 2.26. The van der Waals surface area contributed by atoms with Crippen LogP contribution in [0, 0.1) is 24.0 Å². The molecule has 1 heterocycles. The van der Waals surface area contributed by atoms with E-state index in [4.69, 9.17) is 0 Å². The number of hydrogen-bond acceptors (Lipinski definition) is 4. The molecule has 2 rings (SSSR count). The molecule has 0 atom stereocenters. The maximum Gasteiger partial charge on any atom is 0.273 e. The number of pyridine rings is 1. The van der Waals surface area contributed by atoms with E-state index in [1.54, 1.807) is 31.3 Å². The van der Waals surface area contributed by atoms with Gasteiger partial charge in [0.25, 0.3) is 11.6 Å². The molecule has 108 valence electrons. The van der Waals surface area contributed by atoms with Crippen LogP contribution in [0.5, 0.6) is 0 Å². The van der Waals surface area contributed by atoms with Gasteiger partial charge >= 0.3 is 0 Å². The van der Waals surface area contributed by atoms with Crippen molar-refractivity contribution in [2.24, 2.45) is 0 Å². The Kier molecular flexibility index (Phi) is 4.32. The number of aromatic nitrogens is 1. The molecule has 0 aliphatic carbocycles. The second kappa shape index (κ2) is 6.01. The highest BCUT2D eigenvalue weighted by atomic mass is 79.9. The molecule has 0 fully saturated rings. The number of halogens is 1. The van der Waals surface area contributed by atoms with Crippen LogP contribution in [0.25, 0.3) is 0 Å². The van der Waals surface area contributed by atoms with E-state index in [9.17, 15) is 14.9 Å². The lowest BCUT2D eigenvalue weighted by molar-refractivity contribution is -0.385. The molecule has 1 amide bonds. The molecule has 1 aromatic heterocycles. The lowest BCUT2D eigenvalue weighted by Gasteiger charge is -2.06. The summed E-state index contributed by atoms with van der Waals surface area (Å²) >= 11 is 3.32. The molecule has 0 unspecified atom stereocenters. The molecule has 0 spiro atoms. The van der Waals surface area contributed by atoms with E-state index in [1.807, 2.05) is 6.92 Å². The number of nitro benzene ring substituents is 1. The van der Waals surface area contributed by atoms with Crippen LogP contribution < -0.4 is 5.32 Å². The topological polar surface area (TPSA) is 85.1 Å². The third-order valence-corrected chi connectivity index (χ3v) is 3.79. The van der Waals surface area contributed by atoms with Crippen molar-refractivity contribution < 1.29 is 9.72 Å². The molecule has 2 aromatic rings. The standard InChI is InChI=1S/C14H12BrN3O3/c1-8-3-4-10(6-12(8)18(20)21)14(19)17-13-5-9(2)11(15)7-16-13/h3-7H,1-2H3,(H,16,17,19). The average molecular weight is 350 g/mol. The van der Waals surface area contributed by atoms with Gasteiger partial charge in [0.1, 0.15) is 5.82 Å². The summed E-state index contributed by atoms with van der Waals surface area (Å²) in [6.07, 6.45) is 1.59. The highest BCUT2D eigenvalue weighted by Gasteiger charge is 2.15. The monoisotopic (exact) mass is 349 g/mol. The van der Waals surface area contributed by atoms with Crippen LogP contribution in [0.2, 0.25) is 0 Å². The van der Waals surface area contributed by atoms with Crippen molar-refractivity contribution in [1.29, 1.82) is 0 Å². The molecule has 0 bridgehead atoms. The van der Waals surface area contributed by atoms with Gasteiger partial charge in [-0.15, -0.1) is 0 Å². The third kappa shape index (κ3) is 3.43. The number of carbonyl (C=O) groups excluding carboxylic acids is 1. The maximum absolute atomic E-state index is 12.1. The SMILES string of the molecule is Cc1cc(NC(=O)c2ccc(C)c([N+](=O)[O-])c2)ncc1Br. The van der Waals surface area contributed by atoms with Crippen LogP contribution in [0.4, 0.5) is 11.5 Å². The van der Waals surface area contributed by atoms with E-state index >= 15 is 0 Å². The number of benzene rings is 1. The minimum absolute atomic E-state index is 0.0809. The van der Waals surface area contributed by atoms with E-state index in [1.165, 1.54) is 6.07 Å². The van der Waals surface area contributed by atoms with Crippen LogP contribution in [0.1, 0.15) is 21.5 Å². The van der Waals surface area contributed by atoms with Crippen molar-refractivity contribution in [2.75, 3.05) is 5.32 Å². The molecular weight excluding hydrogens is 338 g/mol. The van der Waals surface area contributed by atoms with Gasteiger partial charge < -0.3 is 5.32 Å².